The highest BCUT2D eigenvalue weighted by atomic mass is 16.6. The average molecular weight is 390 g/mol. The Labute approximate surface area is 165 Å². The second-order valence-corrected chi connectivity index (χ2v) is 9.40. The van der Waals surface area contributed by atoms with E-state index in [-0.39, 0.29) is 34.7 Å². The second kappa shape index (κ2) is 6.02. The molecule has 154 valence electrons. The minimum absolute atomic E-state index is 0.0871. The predicted octanol–water partition coefficient (Wildman–Crippen LogP) is 3.92. The van der Waals surface area contributed by atoms with Crippen molar-refractivity contribution >= 4 is 5.97 Å². The number of esters is 1. The van der Waals surface area contributed by atoms with Crippen LogP contribution in [0.1, 0.15) is 75.7 Å². The summed E-state index contributed by atoms with van der Waals surface area (Å²) in [5.74, 6) is -0.520. The zero-order chi connectivity index (χ0) is 20.6. The summed E-state index contributed by atoms with van der Waals surface area (Å²) in [6, 6.07) is 0. The van der Waals surface area contributed by atoms with Crippen molar-refractivity contribution in [3.05, 3.63) is 16.7 Å². The number of phenolic OH excluding ortho intramolecular Hbond substituents is 2. The summed E-state index contributed by atoms with van der Waals surface area (Å²) >= 11 is 0. The zero-order valence-corrected chi connectivity index (χ0v) is 17.5. The normalized spacial score (nSPS) is 32.7. The first kappa shape index (κ1) is 19.4. The van der Waals surface area contributed by atoms with E-state index in [1.165, 1.54) is 0 Å². The van der Waals surface area contributed by atoms with Gasteiger partial charge in [0.25, 0.3) is 0 Å². The number of carbonyl (C=O) groups is 1. The molecule has 2 N–H and O–H groups in total. The zero-order valence-electron chi connectivity index (χ0n) is 17.5. The second-order valence-electron chi connectivity index (χ2n) is 9.40. The Bertz CT molecular complexity index is 842. The first-order chi connectivity index (χ1) is 13.1. The van der Waals surface area contributed by atoms with Crippen LogP contribution in [0.15, 0.2) is 0 Å². The molecule has 3 aliphatic rings. The van der Waals surface area contributed by atoms with Crippen molar-refractivity contribution in [1.29, 1.82) is 0 Å². The molecule has 1 saturated carbocycles. The molecule has 1 saturated heterocycles. The number of ether oxygens (including phenoxy) is 3. The number of hydrogen-bond acceptors (Lipinski definition) is 6. The fraction of sp³-hybridized carbons (Fsp3) is 0.682. The highest BCUT2D eigenvalue weighted by Crippen LogP contribution is 2.68. The van der Waals surface area contributed by atoms with Gasteiger partial charge in [-0.25, -0.2) is 0 Å². The first-order valence-corrected chi connectivity index (χ1v) is 10.0. The molecule has 0 amide bonds. The van der Waals surface area contributed by atoms with Crippen LogP contribution in [0.4, 0.5) is 0 Å². The van der Waals surface area contributed by atoms with Gasteiger partial charge in [0.2, 0.25) is 0 Å². The topological polar surface area (TPSA) is 85.2 Å². The number of benzene rings is 1. The van der Waals surface area contributed by atoms with Gasteiger partial charge >= 0.3 is 5.97 Å². The van der Waals surface area contributed by atoms with Crippen molar-refractivity contribution in [1.82, 2.24) is 0 Å². The van der Waals surface area contributed by atoms with E-state index < -0.39 is 17.6 Å². The van der Waals surface area contributed by atoms with Crippen molar-refractivity contribution < 1.29 is 29.2 Å². The summed E-state index contributed by atoms with van der Waals surface area (Å²) in [4.78, 5) is 13.3. The molecule has 1 aliphatic heterocycles. The highest BCUT2D eigenvalue weighted by Gasteiger charge is 2.71. The summed E-state index contributed by atoms with van der Waals surface area (Å²) in [6.45, 7) is 8.15. The molecule has 4 rings (SSSR count). The van der Waals surface area contributed by atoms with Gasteiger partial charge in [0.1, 0.15) is 23.4 Å². The molecule has 0 unspecified atom stereocenters. The van der Waals surface area contributed by atoms with Crippen LogP contribution in [0.3, 0.4) is 0 Å². The highest BCUT2D eigenvalue weighted by molar-refractivity contribution is 5.91. The van der Waals surface area contributed by atoms with Crippen LogP contribution in [-0.4, -0.2) is 36.5 Å². The Morgan fingerprint density at radius 3 is 2.39 bits per heavy atom. The summed E-state index contributed by atoms with van der Waals surface area (Å²) in [7, 11) is 3.13. The molecule has 0 aromatic heterocycles. The summed E-state index contributed by atoms with van der Waals surface area (Å²) < 4.78 is 17.5. The van der Waals surface area contributed by atoms with Crippen LogP contribution in [0, 0.1) is 11.3 Å². The molecule has 2 aliphatic carbocycles. The SMILES string of the molecule is COc1c(C(C)C)c(O)c(O)c2c1[C@H](OC)[C@H]1OC(=O)[C@@]23CCCC(C)(C)[C@@H]13. The Kier molecular flexibility index (Phi) is 4.17. The van der Waals surface area contributed by atoms with Crippen molar-refractivity contribution in [2.24, 2.45) is 11.3 Å². The van der Waals surface area contributed by atoms with Gasteiger partial charge in [-0.3, -0.25) is 4.79 Å². The van der Waals surface area contributed by atoms with Gasteiger partial charge in [-0.15, -0.1) is 0 Å². The van der Waals surface area contributed by atoms with E-state index in [0.717, 1.165) is 12.8 Å². The van der Waals surface area contributed by atoms with E-state index in [1.807, 2.05) is 13.8 Å². The Hall–Kier alpha value is -1.95. The molecular weight excluding hydrogens is 360 g/mol. The first-order valence-electron chi connectivity index (χ1n) is 10.0. The van der Waals surface area contributed by atoms with Crippen LogP contribution in [0.25, 0.3) is 0 Å². The maximum absolute atomic E-state index is 13.3. The number of methoxy groups -OCH3 is 2. The minimum Gasteiger partial charge on any atom is -0.504 e. The maximum atomic E-state index is 13.3. The molecule has 0 radical (unpaired) electrons. The quantitative estimate of drug-likeness (QED) is 0.601. The number of phenols is 2. The molecule has 0 spiro atoms. The van der Waals surface area contributed by atoms with E-state index in [9.17, 15) is 15.0 Å². The lowest BCUT2D eigenvalue weighted by Crippen LogP contribution is -2.54. The fourth-order valence-electron chi connectivity index (χ4n) is 6.31. The lowest BCUT2D eigenvalue weighted by atomic mass is 9.49. The largest absolute Gasteiger partial charge is 0.504 e. The van der Waals surface area contributed by atoms with Gasteiger partial charge in [-0.2, -0.15) is 0 Å². The van der Waals surface area contributed by atoms with Gasteiger partial charge in [0.15, 0.2) is 11.5 Å². The van der Waals surface area contributed by atoms with Crippen molar-refractivity contribution in [3.8, 4) is 17.2 Å². The Morgan fingerprint density at radius 1 is 1.14 bits per heavy atom. The number of fused-ring (bicyclic) bond motifs is 1. The molecule has 28 heavy (non-hydrogen) atoms. The Morgan fingerprint density at radius 2 is 1.82 bits per heavy atom. The molecule has 6 heteroatoms. The van der Waals surface area contributed by atoms with Crippen LogP contribution in [0.2, 0.25) is 0 Å². The predicted molar refractivity (Wildman–Crippen MR) is 103 cm³/mol. The molecule has 6 nitrogen and oxygen atoms in total. The van der Waals surface area contributed by atoms with E-state index in [0.29, 0.717) is 28.9 Å². The summed E-state index contributed by atoms with van der Waals surface area (Å²) in [5, 5.41) is 22.1. The monoisotopic (exact) mass is 390 g/mol. The fourth-order valence-corrected chi connectivity index (χ4v) is 6.31. The molecule has 1 heterocycles. The van der Waals surface area contributed by atoms with Crippen LogP contribution in [0.5, 0.6) is 17.2 Å². The number of rotatable bonds is 3. The smallest absolute Gasteiger partial charge is 0.317 e. The third kappa shape index (κ3) is 2.10. The molecule has 4 atom stereocenters. The van der Waals surface area contributed by atoms with Crippen LogP contribution < -0.4 is 4.74 Å². The molecule has 1 aromatic rings. The van der Waals surface area contributed by atoms with Crippen molar-refractivity contribution in [2.75, 3.05) is 14.2 Å². The van der Waals surface area contributed by atoms with Crippen LogP contribution in [-0.2, 0) is 19.7 Å². The van der Waals surface area contributed by atoms with Crippen molar-refractivity contribution in [2.45, 2.75) is 70.5 Å². The molecule has 2 fully saturated rings. The summed E-state index contributed by atoms with van der Waals surface area (Å²) in [6.07, 6.45) is 1.38. The van der Waals surface area contributed by atoms with Gasteiger partial charge in [-0.1, -0.05) is 34.1 Å². The number of hydrogen-bond donors (Lipinski definition) is 2. The molecule has 2 bridgehead atoms. The standard InChI is InChI=1S/C22H30O6/c1-10(2)11-14(23)15(24)13-12(16(11)26-5)17(27-6)18-19-21(3,4)8-7-9-22(13,19)20(25)28-18/h10,17-19,23-24H,7-9H2,1-6H3/t17-,18+,19+,22-/m0/s1. The number of aromatic hydroxyl groups is 2. The van der Waals surface area contributed by atoms with Gasteiger partial charge < -0.3 is 24.4 Å². The van der Waals surface area contributed by atoms with Gasteiger partial charge in [0, 0.05) is 29.7 Å². The van der Waals surface area contributed by atoms with E-state index in [1.54, 1.807) is 14.2 Å². The third-order valence-electron chi connectivity index (χ3n) is 7.24. The van der Waals surface area contributed by atoms with Gasteiger partial charge in [-0.05, 0) is 24.2 Å². The van der Waals surface area contributed by atoms with Crippen LogP contribution >= 0.6 is 0 Å². The van der Waals surface area contributed by atoms with Gasteiger partial charge in [0.05, 0.1) is 7.11 Å². The Balaban J connectivity index is 2.15. The lowest BCUT2D eigenvalue weighted by molar-refractivity contribution is -0.149. The summed E-state index contributed by atoms with van der Waals surface area (Å²) in [5.41, 5.74) is 0.456. The minimum atomic E-state index is -0.985. The number of carbonyl (C=O) groups excluding carboxylic acids is 1. The third-order valence-corrected chi connectivity index (χ3v) is 7.24. The molecule has 1 aromatic carbocycles. The average Bonchev–Trinajstić information content (AvgIpc) is 2.87. The van der Waals surface area contributed by atoms with E-state index in [4.69, 9.17) is 14.2 Å². The van der Waals surface area contributed by atoms with E-state index >= 15 is 0 Å². The molecular formula is C22H30O6. The van der Waals surface area contributed by atoms with Crippen molar-refractivity contribution in [3.63, 3.8) is 0 Å². The van der Waals surface area contributed by atoms with E-state index in [2.05, 4.69) is 13.8 Å². The lowest BCUT2D eigenvalue weighted by Gasteiger charge is -2.52. The maximum Gasteiger partial charge on any atom is 0.317 e.